The normalized spacial score (nSPS) is 29.8. The summed E-state index contributed by atoms with van der Waals surface area (Å²) >= 11 is 0. The Morgan fingerprint density at radius 3 is 2.78 bits per heavy atom. The molecule has 1 fully saturated rings. The van der Waals surface area contributed by atoms with Crippen LogP contribution < -0.4 is 0 Å². The van der Waals surface area contributed by atoms with Crippen molar-refractivity contribution < 1.29 is 14.9 Å². The van der Waals surface area contributed by atoms with Gasteiger partial charge in [0.25, 0.3) is 0 Å². The maximum absolute atomic E-state index is 10.4. The largest absolute Gasteiger partial charge is 0.387 e. The minimum Gasteiger partial charge on any atom is -0.387 e. The molecule has 112 valence electrons. The molecule has 3 aromatic carbocycles. The fourth-order valence-electron chi connectivity index (χ4n) is 4.39. The van der Waals surface area contributed by atoms with Gasteiger partial charge in [0.1, 0.15) is 24.4 Å². The van der Waals surface area contributed by atoms with Gasteiger partial charge in [-0.3, -0.25) is 0 Å². The van der Waals surface area contributed by atoms with Crippen LogP contribution in [0.5, 0.6) is 0 Å². The SMILES string of the molecule is O[C@H]1[C@H]2O[C@H]2c2c(ccc3c4c5c(cccc5cc23)C=C4)[C@@H]1O. The molecule has 3 aliphatic rings. The molecule has 3 aromatic rings. The lowest BCUT2D eigenvalue weighted by molar-refractivity contribution is 0.000106. The highest BCUT2D eigenvalue weighted by molar-refractivity contribution is 6.15. The highest BCUT2D eigenvalue weighted by Gasteiger charge is 2.54. The zero-order chi connectivity index (χ0) is 15.3. The highest BCUT2D eigenvalue weighted by Crippen LogP contribution is 2.53. The van der Waals surface area contributed by atoms with E-state index in [1.807, 2.05) is 6.07 Å². The summed E-state index contributed by atoms with van der Waals surface area (Å²) < 4.78 is 5.67. The van der Waals surface area contributed by atoms with Gasteiger partial charge in [-0.1, -0.05) is 42.5 Å². The first-order chi connectivity index (χ1) is 11.2. The number of aliphatic hydroxyl groups is 2. The molecule has 3 heteroatoms. The Morgan fingerprint density at radius 2 is 1.87 bits per heavy atom. The van der Waals surface area contributed by atoms with Crippen LogP contribution in [-0.4, -0.2) is 22.4 Å². The first kappa shape index (κ1) is 12.3. The molecule has 0 aromatic heterocycles. The molecule has 0 radical (unpaired) electrons. The molecule has 0 saturated carbocycles. The van der Waals surface area contributed by atoms with Crippen LogP contribution in [0.25, 0.3) is 33.7 Å². The molecule has 2 N–H and O–H groups in total. The molecule has 0 bridgehead atoms. The third-order valence-electron chi connectivity index (χ3n) is 5.53. The molecule has 0 spiro atoms. The van der Waals surface area contributed by atoms with Crippen molar-refractivity contribution in [3.8, 4) is 0 Å². The van der Waals surface area contributed by atoms with Gasteiger partial charge in [-0.2, -0.15) is 0 Å². The van der Waals surface area contributed by atoms with E-state index in [0.29, 0.717) is 0 Å². The van der Waals surface area contributed by atoms with E-state index in [0.717, 1.165) is 16.5 Å². The van der Waals surface area contributed by atoms with Crippen LogP contribution in [0.2, 0.25) is 0 Å². The first-order valence-electron chi connectivity index (χ1n) is 7.96. The van der Waals surface area contributed by atoms with E-state index in [9.17, 15) is 10.2 Å². The van der Waals surface area contributed by atoms with E-state index in [1.165, 1.54) is 27.3 Å². The lowest BCUT2D eigenvalue weighted by Gasteiger charge is -2.25. The number of epoxide rings is 1. The third-order valence-corrected chi connectivity index (χ3v) is 5.53. The van der Waals surface area contributed by atoms with Crippen LogP contribution in [0.1, 0.15) is 34.5 Å². The summed E-state index contributed by atoms with van der Waals surface area (Å²) in [5, 5.41) is 25.3. The van der Waals surface area contributed by atoms with Gasteiger partial charge in [0.05, 0.1) is 0 Å². The van der Waals surface area contributed by atoms with Crippen molar-refractivity contribution in [2.24, 2.45) is 0 Å². The molecular formula is C20H14O3. The van der Waals surface area contributed by atoms with Crippen molar-refractivity contribution in [3.05, 3.63) is 58.7 Å². The van der Waals surface area contributed by atoms with Gasteiger partial charge in [-0.05, 0) is 49.9 Å². The van der Waals surface area contributed by atoms with Gasteiger partial charge in [-0.25, -0.2) is 0 Å². The molecule has 6 rings (SSSR count). The van der Waals surface area contributed by atoms with Crippen molar-refractivity contribution in [2.75, 3.05) is 0 Å². The van der Waals surface area contributed by atoms with Crippen molar-refractivity contribution >= 4 is 33.7 Å². The van der Waals surface area contributed by atoms with Crippen LogP contribution in [-0.2, 0) is 4.74 Å². The predicted molar refractivity (Wildman–Crippen MR) is 89.0 cm³/mol. The molecule has 0 amide bonds. The molecule has 4 atom stereocenters. The average Bonchev–Trinajstić information content (AvgIpc) is 3.25. The summed E-state index contributed by atoms with van der Waals surface area (Å²) in [5.74, 6) is 0. The monoisotopic (exact) mass is 302 g/mol. The number of benzene rings is 3. The van der Waals surface area contributed by atoms with Crippen LogP contribution in [0.3, 0.4) is 0 Å². The number of ether oxygens (including phenoxy) is 1. The highest BCUT2D eigenvalue weighted by atomic mass is 16.6. The quantitative estimate of drug-likeness (QED) is 0.387. The van der Waals surface area contributed by atoms with Crippen LogP contribution in [0.15, 0.2) is 36.4 Å². The minimum absolute atomic E-state index is 0.0923. The zero-order valence-electron chi connectivity index (χ0n) is 12.2. The van der Waals surface area contributed by atoms with Crippen molar-refractivity contribution in [2.45, 2.75) is 24.4 Å². The van der Waals surface area contributed by atoms with Gasteiger partial charge in [0.2, 0.25) is 0 Å². The third kappa shape index (κ3) is 1.36. The second-order valence-corrected chi connectivity index (χ2v) is 6.69. The van der Waals surface area contributed by atoms with E-state index in [1.54, 1.807) is 0 Å². The molecule has 2 aliphatic carbocycles. The summed E-state index contributed by atoms with van der Waals surface area (Å²) in [7, 11) is 0. The molecule has 0 unspecified atom stereocenters. The predicted octanol–water partition coefficient (Wildman–Crippen LogP) is 3.32. The number of rotatable bonds is 0. The summed E-state index contributed by atoms with van der Waals surface area (Å²) in [6, 6.07) is 12.6. The second kappa shape index (κ2) is 3.82. The molecule has 1 aliphatic heterocycles. The Hall–Kier alpha value is -2.20. The topological polar surface area (TPSA) is 53.0 Å². The maximum atomic E-state index is 10.4. The maximum Gasteiger partial charge on any atom is 0.118 e. The van der Waals surface area contributed by atoms with Gasteiger partial charge in [-0.15, -0.1) is 0 Å². The van der Waals surface area contributed by atoms with Crippen molar-refractivity contribution in [1.29, 1.82) is 0 Å². The number of aliphatic hydroxyl groups excluding tert-OH is 2. The Kier molecular flexibility index (Phi) is 2.03. The van der Waals surface area contributed by atoms with E-state index in [-0.39, 0.29) is 12.2 Å². The van der Waals surface area contributed by atoms with E-state index in [2.05, 4.69) is 42.5 Å². The Morgan fingerprint density at radius 1 is 0.957 bits per heavy atom. The number of fused-ring (bicyclic) bond motifs is 6. The van der Waals surface area contributed by atoms with Crippen LogP contribution >= 0.6 is 0 Å². The van der Waals surface area contributed by atoms with E-state index >= 15 is 0 Å². The summed E-state index contributed by atoms with van der Waals surface area (Å²) in [6.07, 6.45) is 2.27. The van der Waals surface area contributed by atoms with Gasteiger partial charge < -0.3 is 14.9 Å². The molecule has 1 saturated heterocycles. The Labute approximate surface area is 132 Å². The standard InChI is InChI=1S/C20H14O3/c21-17-13-7-6-11-12-5-4-9-2-1-3-10(15(9)12)8-14(11)16(13)19-20(23-19)18(17)22/h1-8,17-22H/t17-,18+,19-,20+/m0/s1. The average molecular weight is 302 g/mol. The van der Waals surface area contributed by atoms with Crippen LogP contribution in [0.4, 0.5) is 0 Å². The van der Waals surface area contributed by atoms with Crippen molar-refractivity contribution in [1.82, 2.24) is 0 Å². The van der Waals surface area contributed by atoms with Gasteiger partial charge in [0.15, 0.2) is 0 Å². The lowest BCUT2D eigenvalue weighted by Crippen LogP contribution is -2.29. The number of hydrogen-bond donors (Lipinski definition) is 2. The van der Waals surface area contributed by atoms with Crippen molar-refractivity contribution in [3.63, 3.8) is 0 Å². The zero-order valence-corrected chi connectivity index (χ0v) is 12.2. The molecular weight excluding hydrogens is 288 g/mol. The molecule has 23 heavy (non-hydrogen) atoms. The first-order valence-corrected chi connectivity index (χ1v) is 7.96. The fourth-order valence-corrected chi connectivity index (χ4v) is 4.39. The van der Waals surface area contributed by atoms with E-state index in [4.69, 9.17) is 4.74 Å². The lowest BCUT2D eigenvalue weighted by atomic mass is 9.83. The second-order valence-electron chi connectivity index (χ2n) is 6.69. The molecule has 1 heterocycles. The minimum atomic E-state index is -0.871. The summed E-state index contributed by atoms with van der Waals surface area (Å²) in [6.45, 7) is 0. The summed E-state index contributed by atoms with van der Waals surface area (Å²) in [4.78, 5) is 0. The van der Waals surface area contributed by atoms with Gasteiger partial charge >= 0.3 is 0 Å². The summed E-state index contributed by atoms with van der Waals surface area (Å²) in [5.41, 5.74) is 4.35. The Bertz CT molecular complexity index is 1050. The van der Waals surface area contributed by atoms with Crippen LogP contribution in [0, 0.1) is 0 Å². The number of hydrogen-bond acceptors (Lipinski definition) is 3. The smallest absolute Gasteiger partial charge is 0.118 e. The Balaban J connectivity index is 1.79. The van der Waals surface area contributed by atoms with Gasteiger partial charge in [0, 0.05) is 0 Å². The fraction of sp³-hybridized carbons (Fsp3) is 0.200. The molecule has 3 nitrogen and oxygen atoms in total. The van der Waals surface area contributed by atoms with E-state index < -0.39 is 12.2 Å².